The monoisotopic (exact) mass is 453 g/mol. The number of nitrogens with zero attached hydrogens (tertiary/aromatic N) is 3. The zero-order chi connectivity index (χ0) is 24.1. The number of aromatic nitrogens is 2. The SMILES string of the molecule is CC1CC[C@@H](C[C@H](C)n2c(=O)c(C(=O)O)nc3ccccc32)N1C1CC(C)(C)CC(C)(C)C1. The van der Waals surface area contributed by atoms with E-state index < -0.39 is 17.2 Å². The van der Waals surface area contributed by atoms with Crippen LogP contribution in [0.15, 0.2) is 29.1 Å². The summed E-state index contributed by atoms with van der Waals surface area (Å²) in [5, 5.41) is 9.58. The molecule has 0 amide bonds. The number of rotatable bonds is 5. The molecule has 4 rings (SSSR count). The molecule has 1 aliphatic heterocycles. The molecule has 1 unspecified atom stereocenters. The van der Waals surface area contributed by atoms with Gasteiger partial charge in [-0.25, -0.2) is 9.78 Å². The zero-order valence-corrected chi connectivity index (χ0v) is 21.0. The Bertz CT molecular complexity index is 1090. The highest BCUT2D eigenvalue weighted by Crippen LogP contribution is 2.49. The van der Waals surface area contributed by atoms with Crippen molar-refractivity contribution >= 4 is 17.0 Å². The summed E-state index contributed by atoms with van der Waals surface area (Å²) in [6.07, 6.45) is 6.76. The van der Waals surface area contributed by atoms with Crippen LogP contribution < -0.4 is 5.56 Å². The van der Waals surface area contributed by atoms with E-state index in [1.54, 1.807) is 10.6 Å². The number of carboxylic acids is 1. The molecule has 1 aromatic heterocycles. The van der Waals surface area contributed by atoms with Crippen LogP contribution in [0.1, 0.15) is 96.6 Å². The Morgan fingerprint density at radius 1 is 1.15 bits per heavy atom. The molecule has 3 atom stereocenters. The average molecular weight is 454 g/mol. The third-order valence-electron chi connectivity index (χ3n) is 7.85. The lowest BCUT2D eigenvalue weighted by atomic mass is 9.63. The number of carboxylic acid groups (broad SMARTS) is 1. The second-order valence-electron chi connectivity index (χ2n) is 12.1. The summed E-state index contributed by atoms with van der Waals surface area (Å²) in [5.74, 6) is -1.27. The van der Waals surface area contributed by atoms with Gasteiger partial charge >= 0.3 is 5.97 Å². The Morgan fingerprint density at radius 2 is 1.79 bits per heavy atom. The summed E-state index contributed by atoms with van der Waals surface area (Å²) in [4.78, 5) is 31.8. The maximum absolute atomic E-state index is 13.2. The predicted octanol–water partition coefficient (Wildman–Crippen LogP) is 5.50. The first-order valence-electron chi connectivity index (χ1n) is 12.4. The van der Waals surface area contributed by atoms with Crippen LogP contribution in [0.3, 0.4) is 0 Å². The van der Waals surface area contributed by atoms with Gasteiger partial charge in [0.25, 0.3) is 5.56 Å². The van der Waals surface area contributed by atoms with Gasteiger partial charge in [-0.2, -0.15) is 0 Å². The molecule has 1 saturated heterocycles. The molecule has 180 valence electrons. The minimum absolute atomic E-state index is 0.120. The van der Waals surface area contributed by atoms with E-state index in [2.05, 4.69) is 51.4 Å². The van der Waals surface area contributed by atoms with E-state index in [0.29, 0.717) is 40.0 Å². The molecule has 6 nitrogen and oxygen atoms in total. The molecular formula is C27H39N3O3. The van der Waals surface area contributed by atoms with Crippen molar-refractivity contribution in [3.63, 3.8) is 0 Å². The number of benzene rings is 1. The third kappa shape index (κ3) is 4.72. The Hall–Kier alpha value is -2.21. The molecule has 2 aromatic rings. The molecule has 0 bridgehead atoms. The van der Waals surface area contributed by atoms with Crippen molar-refractivity contribution < 1.29 is 9.90 Å². The average Bonchev–Trinajstić information content (AvgIpc) is 3.04. The zero-order valence-electron chi connectivity index (χ0n) is 21.0. The van der Waals surface area contributed by atoms with E-state index in [0.717, 1.165) is 12.8 Å². The number of para-hydroxylation sites is 2. The Morgan fingerprint density at radius 3 is 2.42 bits per heavy atom. The normalized spacial score (nSPS) is 26.5. The highest BCUT2D eigenvalue weighted by molar-refractivity contribution is 5.88. The second-order valence-corrected chi connectivity index (χ2v) is 12.1. The van der Waals surface area contributed by atoms with Gasteiger partial charge in [0.15, 0.2) is 0 Å². The van der Waals surface area contributed by atoms with Gasteiger partial charge in [0.1, 0.15) is 0 Å². The van der Waals surface area contributed by atoms with Gasteiger partial charge in [-0.15, -0.1) is 0 Å². The minimum Gasteiger partial charge on any atom is -0.476 e. The first kappa shape index (κ1) is 23.9. The summed E-state index contributed by atoms with van der Waals surface area (Å²) < 4.78 is 1.67. The topological polar surface area (TPSA) is 75.4 Å². The van der Waals surface area contributed by atoms with Crippen LogP contribution in [0, 0.1) is 10.8 Å². The second kappa shape index (κ2) is 8.53. The van der Waals surface area contributed by atoms with E-state index in [1.165, 1.54) is 25.7 Å². The fraction of sp³-hybridized carbons (Fsp3) is 0.667. The van der Waals surface area contributed by atoms with Crippen LogP contribution in [0.5, 0.6) is 0 Å². The molecule has 33 heavy (non-hydrogen) atoms. The Labute approximate surface area is 197 Å². The highest BCUT2D eigenvalue weighted by Gasteiger charge is 2.45. The van der Waals surface area contributed by atoms with Crippen LogP contribution >= 0.6 is 0 Å². The van der Waals surface area contributed by atoms with E-state index in [4.69, 9.17) is 0 Å². The Kier molecular flexibility index (Phi) is 6.19. The standard InChI is InChI=1S/C27H39N3O3/c1-17-11-12-19(29(17)20-14-26(3,4)16-27(5,6)15-20)13-18(2)30-22-10-8-7-9-21(22)28-23(24(30)31)25(32)33/h7-10,17-20H,11-16H2,1-6H3,(H,32,33)/t17?,18-,19-/m0/s1. The van der Waals surface area contributed by atoms with Gasteiger partial charge in [0.2, 0.25) is 5.69 Å². The molecular weight excluding hydrogens is 414 g/mol. The maximum atomic E-state index is 13.2. The fourth-order valence-corrected chi connectivity index (χ4v) is 7.22. The lowest BCUT2D eigenvalue weighted by molar-refractivity contribution is 0.000602. The summed E-state index contributed by atoms with van der Waals surface area (Å²) in [6, 6.07) is 8.68. The van der Waals surface area contributed by atoms with Crippen LogP contribution in [0.25, 0.3) is 11.0 Å². The third-order valence-corrected chi connectivity index (χ3v) is 7.85. The molecule has 1 aromatic carbocycles. The summed E-state index contributed by atoms with van der Waals surface area (Å²) in [5.41, 5.74) is 0.990. The molecule has 0 spiro atoms. The number of carbonyl (C=O) groups is 1. The lowest BCUT2D eigenvalue weighted by Crippen LogP contribution is -2.50. The van der Waals surface area contributed by atoms with Gasteiger partial charge in [-0.1, -0.05) is 39.8 Å². The van der Waals surface area contributed by atoms with E-state index in [9.17, 15) is 14.7 Å². The number of aromatic carboxylic acids is 1. The molecule has 1 saturated carbocycles. The quantitative estimate of drug-likeness (QED) is 0.647. The van der Waals surface area contributed by atoms with E-state index in [-0.39, 0.29) is 6.04 Å². The van der Waals surface area contributed by atoms with Crippen molar-refractivity contribution in [2.24, 2.45) is 10.8 Å². The summed E-state index contributed by atoms with van der Waals surface area (Å²) >= 11 is 0. The van der Waals surface area contributed by atoms with Crippen LogP contribution in [0.4, 0.5) is 0 Å². The van der Waals surface area contributed by atoms with Crippen molar-refractivity contribution in [3.8, 4) is 0 Å². The molecule has 1 N–H and O–H groups in total. The maximum Gasteiger partial charge on any atom is 0.360 e. The van der Waals surface area contributed by atoms with Crippen LogP contribution in [-0.2, 0) is 0 Å². The number of hydrogen-bond donors (Lipinski definition) is 1. The molecule has 2 aliphatic rings. The van der Waals surface area contributed by atoms with Gasteiger partial charge in [0.05, 0.1) is 11.0 Å². The fourth-order valence-electron chi connectivity index (χ4n) is 7.22. The molecule has 2 fully saturated rings. The van der Waals surface area contributed by atoms with E-state index >= 15 is 0 Å². The highest BCUT2D eigenvalue weighted by atomic mass is 16.4. The largest absolute Gasteiger partial charge is 0.476 e. The van der Waals surface area contributed by atoms with Crippen molar-refractivity contribution in [2.75, 3.05) is 0 Å². The number of fused-ring (bicyclic) bond motifs is 1. The summed E-state index contributed by atoms with van der Waals surface area (Å²) in [6.45, 7) is 14.0. The van der Waals surface area contributed by atoms with Crippen molar-refractivity contribution in [1.82, 2.24) is 14.5 Å². The summed E-state index contributed by atoms with van der Waals surface area (Å²) in [7, 11) is 0. The van der Waals surface area contributed by atoms with Crippen molar-refractivity contribution in [3.05, 3.63) is 40.3 Å². The van der Waals surface area contributed by atoms with Crippen molar-refractivity contribution in [2.45, 2.75) is 104 Å². The molecule has 1 aliphatic carbocycles. The van der Waals surface area contributed by atoms with Gasteiger partial charge in [-0.05, 0) is 75.3 Å². The van der Waals surface area contributed by atoms with Crippen LogP contribution in [-0.4, -0.2) is 43.7 Å². The Balaban J connectivity index is 1.66. The number of hydrogen-bond acceptors (Lipinski definition) is 4. The van der Waals surface area contributed by atoms with Crippen molar-refractivity contribution in [1.29, 1.82) is 0 Å². The minimum atomic E-state index is -1.27. The van der Waals surface area contributed by atoms with Gasteiger partial charge in [0, 0.05) is 24.2 Å². The molecule has 6 heteroatoms. The number of likely N-dealkylation sites (tertiary alicyclic amines) is 1. The lowest BCUT2D eigenvalue weighted by Gasteiger charge is -2.50. The molecule has 0 radical (unpaired) electrons. The smallest absolute Gasteiger partial charge is 0.360 e. The van der Waals surface area contributed by atoms with Gasteiger partial charge < -0.3 is 9.67 Å². The molecule has 2 heterocycles. The first-order valence-corrected chi connectivity index (χ1v) is 12.4. The first-order chi connectivity index (χ1) is 15.4. The van der Waals surface area contributed by atoms with Crippen LogP contribution in [0.2, 0.25) is 0 Å². The predicted molar refractivity (Wildman–Crippen MR) is 132 cm³/mol. The van der Waals surface area contributed by atoms with Gasteiger partial charge in [-0.3, -0.25) is 9.69 Å². The van der Waals surface area contributed by atoms with E-state index in [1.807, 2.05) is 18.2 Å².